The molecule has 1 aromatic carbocycles. The molecule has 4 heteroatoms. The summed E-state index contributed by atoms with van der Waals surface area (Å²) in [5.41, 5.74) is 1.16. The second-order valence-electron chi connectivity index (χ2n) is 6.04. The molecule has 3 unspecified atom stereocenters. The van der Waals surface area contributed by atoms with Gasteiger partial charge in [-0.05, 0) is 36.5 Å². The van der Waals surface area contributed by atoms with E-state index in [0.717, 1.165) is 23.6 Å². The third-order valence-corrected chi connectivity index (χ3v) is 4.41. The molecule has 21 heavy (non-hydrogen) atoms. The third-order valence-electron chi connectivity index (χ3n) is 4.16. The number of benzene rings is 1. The minimum absolute atomic E-state index is 0.324. The van der Waals surface area contributed by atoms with Crippen LogP contribution in [0.3, 0.4) is 0 Å². The molecule has 0 aromatic heterocycles. The summed E-state index contributed by atoms with van der Waals surface area (Å²) in [4.78, 5) is 0. The zero-order chi connectivity index (χ0) is 15.1. The molecule has 3 atom stereocenters. The van der Waals surface area contributed by atoms with E-state index in [1.54, 1.807) is 0 Å². The van der Waals surface area contributed by atoms with Gasteiger partial charge in [0.25, 0.3) is 0 Å². The van der Waals surface area contributed by atoms with Crippen LogP contribution in [0.2, 0.25) is 5.02 Å². The van der Waals surface area contributed by atoms with Gasteiger partial charge >= 0.3 is 0 Å². The molecule has 118 valence electrons. The number of ether oxygens (including phenoxy) is 1. The van der Waals surface area contributed by atoms with Gasteiger partial charge in [-0.2, -0.15) is 0 Å². The van der Waals surface area contributed by atoms with Crippen LogP contribution < -0.4 is 5.32 Å². The second-order valence-corrected chi connectivity index (χ2v) is 6.48. The van der Waals surface area contributed by atoms with Gasteiger partial charge in [0.1, 0.15) is 0 Å². The summed E-state index contributed by atoms with van der Waals surface area (Å²) < 4.78 is 5.87. The molecule has 0 aliphatic heterocycles. The van der Waals surface area contributed by atoms with Crippen molar-refractivity contribution in [2.24, 2.45) is 5.92 Å². The Morgan fingerprint density at radius 1 is 1.29 bits per heavy atom. The standard InChI is InChI=1S/C17H26ClNO2/c1-13-4-2-3-5-17(13)21-12-16(20)11-19-10-14-6-8-15(18)9-7-14/h6-9,13,16-17,19-20H,2-5,10-12H2,1H3. The Hall–Kier alpha value is -0.610. The molecule has 2 rings (SSSR count). The summed E-state index contributed by atoms with van der Waals surface area (Å²) in [6.45, 7) is 3.94. The number of aliphatic hydroxyl groups is 1. The van der Waals surface area contributed by atoms with E-state index in [2.05, 4.69) is 12.2 Å². The number of halogens is 1. The van der Waals surface area contributed by atoms with Gasteiger partial charge in [-0.1, -0.05) is 43.5 Å². The summed E-state index contributed by atoms with van der Waals surface area (Å²) in [5, 5.41) is 14.0. The fourth-order valence-corrected chi connectivity index (χ4v) is 2.93. The van der Waals surface area contributed by atoms with E-state index in [0.29, 0.717) is 25.2 Å². The SMILES string of the molecule is CC1CCCCC1OCC(O)CNCc1ccc(Cl)cc1. The van der Waals surface area contributed by atoms with E-state index in [9.17, 15) is 5.11 Å². The highest BCUT2D eigenvalue weighted by molar-refractivity contribution is 6.30. The van der Waals surface area contributed by atoms with E-state index in [1.807, 2.05) is 24.3 Å². The van der Waals surface area contributed by atoms with Crippen molar-refractivity contribution in [1.29, 1.82) is 0 Å². The summed E-state index contributed by atoms with van der Waals surface area (Å²) in [6.07, 6.45) is 4.81. The molecular weight excluding hydrogens is 286 g/mol. The molecule has 1 aliphatic carbocycles. The zero-order valence-electron chi connectivity index (χ0n) is 12.7. The van der Waals surface area contributed by atoms with E-state index >= 15 is 0 Å². The molecule has 0 amide bonds. The highest BCUT2D eigenvalue weighted by Gasteiger charge is 2.22. The Bertz CT molecular complexity index is 410. The number of hydrogen-bond acceptors (Lipinski definition) is 3. The molecular formula is C17H26ClNO2. The van der Waals surface area contributed by atoms with E-state index in [1.165, 1.54) is 19.3 Å². The van der Waals surface area contributed by atoms with Crippen LogP contribution >= 0.6 is 11.6 Å². The van der Waals surface area contributed by atoms with Gasteiger partial charge in [0.2, 0.25) is 0 Å². The maximum Gasteiger partial charge on any atom is 0.0897 e. The van der Waals surface area contributed by atoms with Crippen LogP contribution in [-0.4, -0.2) is 30.5 Å². The Morgan fingerprint density at radius 2 is 2.00 bits per heavy atom. The van der Waals surface area contributed by atoms with Crippen LogP contribution in [-0.2, 0) is 11.3 Å². The number of nitrogens with one attached hydrogen (secondary N) is 1. The van der Waals surface area contributed by atoms with Crippen molar-refractivity contribution in [3.8, 4) is 0 Å². The Kier molecular flexibility index (Phi) is 6.97. The molecule has 1 aromatic rings. The number of aliphatic hydroxyl groups excluding tert-OH is 1. The number of hydrogen-bond donors (Lipinski definition) is 2. The van der Waals surface area contributed by atoms with E-state index < -0.39 is 6.10 Å². The average Bonchev–Trinajstić information content (AvgIpc) is 2.48. The second kappa shape index (κ2) is 8.74. The molecule has 0 spiro atoms. The number of rotatable bonds is 7. The summed E-state index contributed by atoms with van der Waals surface area (Å²) >= 11 is 5.85. The highest BCUT2D eigenvalue weighted by Crippen LogP contribution is 2.26. The predicted molar refractivity (Wildman–Crippen MR) is 86.5 cm³/mol. The largest absolute Gasteiger partial charge is 0.389 e. The molecule has 3 nitrogen and oxygen atoms in total. The first-order valence-electron chi connectivity index (χ1n) is 7.90. The van der Waals surface area contributed by atoms with Gasteiger partial charge in [-0.25, -0.2) is 0 Å². The summed E-state index contributed by atoms with van der Waals surface area (Å²) in [6, 6.07) is 7.73. The van der Waals surface area contributed by atoms with Crippen LogP contribution in [0.4, 0.5) is 0 Å². The average molecular weight is 312 g/mol. The normalized spacial score (nSPS) is 24.0. The monoisotopic (exact) mass is 311 g/mol. The van der Waals surface area contributed by atoms with Gasteiger partial charge in [0.05, 0.1) is 18.8 Å². The summed E-state index contributed by atoms with van der Waals surface area (Å²) in [7, 11) is 0. The van der Waals surface area contributed by atoms with Crippen molar-refractivity contribution in [3.05, 3.63) is 34.9 Å². The minimum Gasteiger partial charge on any atom is -0.389 e. The summed E-state index contributed by atoms with van der Waals surface area (Å²) in [5.74, 6) is 0.618. The van der Waals surface area contributed by atoms with Gasteiger partial charge in [-0.15, -0.1) is 0 Å². The molecule has 1 saturated carbocycles. The van der Waals surface area contributed by atoms with Crippen molar-refractivity contribution in [3.63, 3.8) is 0 Å². The van der Waals surface area contributed by atoms with E-state index in [4.69, 9.17) is 16.3 Å². The first-order chi connectivity index (χ1) is 10.1. The van der Waals surface area contributed by atoms with Crippen molar-refractivity contribution >= 4 is 11.6 Å². The molecule has 1 fully saturated rings. The van der Waals surface area contributed by atoms with Gasteiger partial charge in [0, 0.05) is 18.1 Å². The molecule has 2 N–H and O–H groups in total. The lowest BCUT2D eigenvalue weighted by atomic mass is 9.88. The first-order valence-corrected chi connectivity index (χ1v) is 8.28. The lowest BCUT2D eigenvalue weighted by Crippen LogP contribution is -2.34. The van der Waals surface area contributed by atoms with Crippen LogP contribution in [0, 0.1) is 5.92 Å². The fraction of sp³-hybridized carbons (Fsp3) is 0.647. The minimum atomic E-state index is -0.452. The molecule has 0 saturated heterocycles. The van der Waals surface area contributed by atoms with Gasteiger partial charge < -0.3 is 15.2 Å². The van der Waals surface area contributed by atoms with Crippen molar-refractivity contribution < 1.29 is 9.84 Å². The van der Waals surface area contributed by atoms with E-state index in [-0.39, 0.29) is 0 Å². The van der Waals surface area contributed by atoms with Crippen molar-refractivity contribution in [2.45, 2.75) is 51.4 Å². The molecule has 0 bridgehead atoms. The predicted octanol–water partition coefficient (Wildman–Crippen LogP) is 3.39. The van der Waals surface area contributed by atoms with Crippen LogP contribution in [0.5, 0.6) is 0 Å². The van der Waals surface area contributed by atoms with Crippen LogP contribution in [0.1, 0.15) is 38.2 Å². The molecule has 0 radical (unpaired) electrons. The molecule has 1 aliphatic rings. The fourth-order valence-electron chi connectivity index (χ4n) is 2.81. The van der Waals surface area contributed by atoms with Crippen LogP contribution in [0.25, 0.3) is 0 Å². The van der Waals surface area contributed by atoms with Crippen LogP contribution in [0.15, 0.2) is 24.3 Å². The maximum atomic E-state index is 9.98. The van der Waals surface area contributed by atoms with Crippen molar-refractivity contribution in [2.75, 3.05) is 13.2 Å². The lowest BCUT2D eigenvalue weighted by Gasteiger charge is -2.29. The smallest absolute Gasteiger partial charge is 0.0897 e. The first kappa shape index (κ1) is 16.8. The maximum absolute atomic E-state index is 9.98. The van der Waals surface area contributed by atoms with Crippen molar-refractivity contribution in [1.82, 2.24) is 5.32 Å². The van der Waals surface area contributed by atoms with Gasteiger partial charge in [0.15, 0.2) is 0 Å². The third kappa shape index (κ3) is 5.95. The Labute approximate surface area is 132 Å². The highest BCUT2D eigenvalue weighted by atomic mass is 35.5. The quantitative estimate of drug-likeness (QED) is 0.811. The lowest BCUT2D eigenvalue weighted by molar-refractivity contribution is -0.0452. The Morgan fingerprint density at radius 3 is 2.71 bits per heavy atom. The Balaban J connectivity index is 1.61. The molecule has 0 heterocycles. The topological polar surface area (TPSA) is 41.5 Å². The zero-order valence-corrected chi connectivity index (χ0v) is 13.5. The van der Waals surface area contributed by atoms with Gasteiger partial charge in [-0.3, -0.25) is 0 Å².